The highest BCUT2D eigenvalue weighted by Crippen LogP contribution is 2.27. The second-order valence-corrected chi connectivity index (χ2v) is 7.23. The molecular weight excluding hydrogens is 356 g/mol. The Morgan fingerprint density at radius 2 is 1.68 bits per heavy atom. The van der Waals surface area contributed by atoms with Gasteiger partial charge in [0.2, 0.25) is 0 Å². The van der Waals surface area contributed by atoms with Crippen LogP contribution in [0.25, 0.3) is 0 Å². The SMILES string of the molecule is Cc1ccc(C)c(OCC(O)CN2C(=O)C(C)N(c3ccccc3)C2=O)c1C. The molecule has 0 radical (unpaired) electrons. The van der Waals surface area contributed by atoms with E-state index in [2.05, 4.69) is 0 Å². The van der Waals surface area contributed by atoms with E-state index in [1.165, 1.54) is 4.90 Å². The number of carbonyl (C=O) groups is 2. The second kappa shape index (κ2) is 8.02. The molecule has 148 valence electrons. The van der Waals surface area contributed by atoms with Gasteiger partial charge in [-0.2, -0.15) is 0 Å². The molecule has 6 nitrogen and oxygen atoms in total. The molecule has 0 spiro atoms. The van der Waals surface area contributed by atoms with Crippen LogP contribution in [0.15, 0.2) is 42.5 Å². The van der Waals surface area contributed by atoms with E-state index in [9.17, 15) is 14.7 Å². The van der Waals surface area contributed by atoms with Gasteiger partial charge in [-0.1, -0.05) is 30.3 Å². The molecular formula is C22H26N2O4. The number of urea groups is 1. The highest BCUT2D eigenvalue weighted by Gasteiger charge is 2.43. The summed E-state index contributed by atoms with van der Waals surface area (Å²) in [6, 6.07) is 12.0. The van der Waals surface area contributed by atoms with Crippen LogP contribution < -0.4 is 9.64 Å². The summed E-state index contributed by atoms with van der Waals surface area (Å²) in [7, 11) is 0. The zero-order chi connectivity index (χ0) is 20.4. The number of β-amino-alcohol motifs (C(OH)–C–C–N with tert-alkyl or cyclic N) is 1. The number of para-hydroxylation sites is 1. The van der Waals surface area contributed by atoms with E-state index in [4.69, 9.17) is 4.74 Å². The van der Waals surface area contributed by atoms with Crippen molar-refractivity contribution in [2.75, 3.05) is 18.1 Å². The normalized spacial score (nSPS) is 18.0. The first-order valence-corrected chi connectivity index (χ1v) is 9.38. The van der Waals surface area contributed by atoms with Gasteiger partial charge in [0, 0.05) is 5.69 Å². The minimum Gasteiger partial charge on any atom is -0.490 e. The second-order valence-electron chi connectivity index (χ2n) is 7.23. The highest BCUT2D eigenvalue weighted by molar-refractivity contribution is 6.14. The fourth-order valence-corrected chi connectivity index (χ4v) is 3.41. The number of amides is 3. The molecule has 0 bridgehead atoms. The third-order valence-electron chi connectivity index (χ3n) is 5.17. The highest BCUT2D eigenvalue weighted by atomic mass is 16.5. The van der Waals surface area contributed by atoms with Gasteiger partial charge in [-0.3, -0.25) is 14.6 Å². The number of carbonyl (C=O) groups excluding carboxylic acids is 2. The first-order valence-electron chi connectivity index (χ1n) is 9.38. The lowest BCUT2D eigenvalue weighted by Crippen LogP contribution is -2.40. The van der Waals surface area contributed by atoms with Gasteiger partial charge in [0.25, 0.3) is 5.91 Å². The van der Waals surface area contributed by atoms with Crippen molar-refractivity contribution in [1.29, 1.82) is 0 Å². The Kier molecular flexibility index (Phi) is 5.70. The average molecular weight is 382 g/mol. The van der Waals surface area contributed by atoms with Gasteiger partial charge in [0.1, 0.15) is 24.5 Å². The standard InChI is InChI=1S/C22H26N2O4/c1-14-10-11-15(2)20(16(14)3)28-13-19(25)12-23-21(26)17(4)24(22(23)27)18-8-6-5-7-9-18/h5-11,17,19,25H,12-13H2,1-4H3. The van der Waals surface area contributed by atoms with Crippen molar-refractivity contribution in [2.24, 2.45) is 0 Å². The molecule has 0 saturated carbocycles. The molecule has 1 saturated heterocycles. The maximum atomic E-state index is 12.8. The summed E-state index contributed by atoms with van der Waals surface area (Å²) < 4.78 is 5.82. The van der Waals surface area contributed by atoms with E-state index in [-0.39, 0.29) is 19.1 Å². The Labute approximate surface area is 165 Å². The molecule has 2 aromatic rings. The number of hydrogen-bond donors (Lipinski definition) is 1. The number of aliphatic hydroxyl groups is 1. The molecule has 2 atom stereocenters. The molecule has 0 aromatic heterocycles. The predicted molar refractivity (Wildman–Crippen MR) is 108 cm³/mol. The van der Waals surface area contributed by atoms with E-state index in [0.29, 0.717) is 5.69 Å². The Hall–Kier alpha value is -2.86. The monoisotopic (exact) mass is 382 g/mol. The summed E-state index contributed by atoms with van der Waals surface area (Å²) in [6.07, 6.45) is -0.977. The summed E-state index contributed by atoms with van der Waals surface area (Å²) in [4.78, 5) is 27.9. The molecule has 1 aliphatic heterocycles. The summed E-state index contributed by atoms with van der Waals surface area (Å²) in [5.41, 5.74) is 3.76. The topological polar surface area (TPSA) is 70.1 Å². The Morgan fingerprint density at radius 3 is 2.36 bits per heavy atom. The van der Waals surface area contributed by atoms with Crippen LogP contribution in [0.2, 0.25) is 0 Å². The first kappa shape index (κ1) is 19.9. The first-order chi connectivity index (χ1) is 13.3. The number of hydrogen-bond acceptors (Lipinski definition) is 4. The molecule has 28 heavy (non-hydrogen) atoms. The van der Waals surface area contributed by atoms with Crippen molar-refractivity contribution in [3.05, 3.63) is 59.2 Å². The summed E-state index contributed by atoms with van der Waals surface area (Å²) in [5.74, 6) is 0.410. The van der Waals surface area contributed by atoms with Crippen molar-refractivity contribution in [2.45, 2.75) is 39.8 Å². The van der Waals surface area contributed by atoms with Gasteiger partial charge in [0.05, 0.1) is 6.54 Å². The van der Waals surface area contributed by atoms with Gasteiger partial charge in [-0.15, -0.1) is 0 Å². The lowest BCUT2D eigenvalue weighted by molar-refractivity contribution is -0.128. The van der Waals surface area contributed by atoms with E-state index >= 15 is 0 Å². The zero-order valence-corrected chi connectivity index (χ0v) is 16.7. The number of aryl methyl sites for hydroxylation is 2. The number of aliphatic hydroxyl groups excluding tert-OH is 1. The Balaban J connectivity index is 1.67. The summed E-state index contributed by atoms with van der Waals surface area (Å²) in [5, 5.41) is 10.4. The molecule has 1 aliphatic rings. The number of anilines is 1. The molecule has 6 heteroatoms. The maximum Gasteiger partial charge on any atom is 0.332 e. The smallest absolute Gasteiger partial charge is 0.332 e. The van der Waals surface area contributed by atoms with Crippen LogP contribution in [0.4, 0.5) is 10.5 Å². The van der Waals surface area contributed by atoms with E-state index in [1.54, 1.807) is 19.1 Å². The zero-order valence-electron chi connectivity index (χ0n) is 16.7. The molecule has 1 N–H and O–H groups in total. The van der Waals surface area contributed by atoms with Crippen molar-refractivity contribution in [1.82, 2.24) is 4.90 Å². The quantitative estimate of drug-likeness (QED) is 0.779. The van der Waals surface area contributed by atoms with Crippen LogP contribution in [-0.2, 0) is 4.79 Å². The van der Waals surface area contributed by atoms with Crippen molar-refractivity contribution in [3.63, 3.8) is 0 Å². The van der Waals surface area contributed by atoms with E-state index < -0.39 is 18.2 Å². The number of rotatable bonds is 6. The van der Waals surface area contributed by atoms with Crippen molar-refractivity contribution in [3.8, 4) is 5.75 Å². The fraction of sp³-hybridized carbons (Fsp3) is 0.364. The van der Waals surface area contributed by atoms with Gasteiger partial charge >= 0.3 is 6.03 Å². The lowest BCUT2D eigenvalue weighted by Gasteiger charge is -2.21. The number of nitrogens with zero attached hydrogens (tertiary/aromatic N) is 2. The molecule has 3 amide bonds. The summed E-state index contributed by atoms with van der Waals surface area (Å²) >= 11 is 0. The fourth-order valence-electron chi connectivity index (χ4n) is 3.41. The van der Waals surface area contributed by atoms with Crippen molar-refractivity contribution < 1.29 is 19.4 Å². The van der Waals surface area contributed by atoms with E-state index in [1.807, 2.05) is 51.1 Å². The van der Waals surface area contributed by atoms with E-state index in [0.717, 1.165) is 27.3 Å². The number of benzene rings is 2. The van der Waals surface area contributed by atoms with Crippen LogP contribution in [0.5, 0.6) is 5.75 Å². The third-order valence-corrected chi connectivity index (χ3v) is 5.17. The van der Waals surface area contributed by atoms with Gasteiger partial charge in [-0.05, 0) is 56.5 Å². The van der Waals surface area contributed by atoms with Gasteiger partial charge in [-0.25, -0.2) is 4.79 Å². The molecule has 1 heterocycles. The molecule has 2 aromatic carbocycles. The molecule has 2 unspecified atom stereocenters. The van der Waals surface area contributed by atoms with Crippen LogP contribution in [-0.4, -0.2) is 47.2 Å². The predicted octanol–water partition coefficient (Wildman–Crippen LogP) is 3.21. The van der Waals surface area contributed by atoms with Crippen LogP contribution in [0.3, 0.4) is 0 Å². The minimum absolute atomic E-state index is 0.00190. The molecule has 3 rings (SSSR count). The molecule has 1 fully saturated rings. The summed E-state index contributed by atoms with van der Waals surface area (Å²) in [6.45, 7) is 7.50. The average Bonchev–Trinajstić information content (AvgIpc) is 2.89. The maximum absolute atomic E-state index is 12.8. The Bertz CT molecular complexity index is 882. The number of imide groups is 1. The lowest BCUT2D eigenvalue weighted by atomic mass is 10.1. The largest absolute Gasteiger partial charge is 0.490 e. The van der Waals surface area contributed by atoms with Gasteiger partial charge < -0.3 is 9.84 Å². The van der Waals surface area contributed by atoms with Crippen molar-refractivity contribution >= 4 is 17.6 Å². The van der Waals surface area contributed by atoms with Gasteiger partial charge in [0.15, 0.2) is 0 Å². The molecule has 0 aliphatic carbocycles. The van der Waals surface area contributed by atoms with Crippen LogP contribution >= 0.6 is 0 Å². The number of ether oxygens (including phenoxy) is 1. The Morgan fingerprint density at radius 1 is 1.04 bits per heavy atom. The van der Waals surface area contributed by atoms with Crippen LogP contribution in [0, 0.1) is 20.8 Å². The minimum atomic E-state index is -0.977. The third kappa shape index (κ3) is 3.73. The van der Waals surface area contributed by atoms with Crippen LogP contribution in [0.1, 0.15) is 23.6 Å².